The van der Waals surface area contributed by atoms with Gasteiger partial charge in [-0.2, -0.15) is 0 Å². The van der Waals surface area contributed by atoms with E-state index in [0.29, 0.717) is 11.1 Å². The average molecular weight is 383 g/mol. The number of aliphatic hydroxyl groups is 1. The van der Waals surface area contributed by atoms with Crippen molar-refractivity contribution in [1.82, 2.24) is 9.13 Å². The first-order chi connectivity index (χ1) is 11.1. The third-order valence-corrected chi connectivity index (χ3v) is 5.40. The Morgan fingerprint density at radius 3 is 2.65 bits per heavy atom. The zero-order chi connectivity index (χ0) is 16.8. The van der Waals surface area contributed by atoms with E-state index in [1.54, 1.807) is 6.92 Å². The molecule has 0 aliphatic carbocycles. The minimum absolute atomic E-state index is 0.0303. The molecule has 0 aliphatic rings. The maximum absolute atomic E-state index is 12.5. The molecule has 7 heteroatoms. The number of aliphatic hydroxyl groups excluding tert-OH is 1. The van der Waals surface area contributed by atoms with Gasteiger partial charge in [-0.1, -0.05) is 0 Å². The van der Waals surface area contributed by atoms with Crippen LogP contribution in [0.1, 0.15) is 12.5 Å². The van der Waals surface area contributed by atoms with Gasteiger partial charge in [-0.3, -0.25) is 0 Å². The Kier molecular flexibility index (Phi) is 6.36. The van der Waals surface area contributed by atoms with Crippen molar-refractivity contribution < 1.29 is 9.84 Å². The number of aromatic nitrogens is 2. The van der Waals surface area contributed by atoms with Crippen molar-refractivity contribution in [2.24, 2.45) is 0 Å². The zero-order valence-corrected chi connectivity index (χ0v) is 14.9. The summed E-state index contributed by atoms with van der Waals surface area (Å²) in [5.41, 5.74) is 0.472. The van der Waals surface area contributed by atoms with Crippen molar-refractivity contribution in [2.45, 2.75) is 27.1 Å². The van der Waals surface area contributed by atoms with Crippen LogP contribution < -0.4 is 20.3 Å². The Hall–Kier alpha value is -1.66. The van der Waals surface area contributed by atoms with E-state index in [0.717, 1.165) is 10.0 Å². The van der Waals surface area contributed by atoms with Gasteiger partial charge in [-0.05, 0) is 0 Å². The van der Waals surface area contributed by atoms with Gasteiger partial charge < -0.3 is 0 Å². The monoisotopic (exact) mass is 384 g/mol. The topological polar surface area (TPSA) is 73.5 Å². The minimum atomic E-state index is -0.373. The third-order valence-electron chi connectivity index (χ3n) is 3.23. The molecule has 1 heterocycles. The molecule has 0 bridgehead atoms. The molecule has 2 rings (SSSR count). The van der Waals surface area contributed by atoms with Gasteiger partial charge in [0, 0.05) is 0 Å². The predicted octanol–water partition coefficient (Wildman–Crippen LogP) is -1.04. The van der Waals surface area contributed by atoms with Crippen LogP contribution in [-0.4, -0.2) is 42.4 Å². The molecule has 0 amide bonds. The number of ether oxygens (including phenoxy) is 1. The van der Waals surface area contributed by atoms with E-state index in [4.69, 9.17) is 9.84 Å². The summed E-state index contributed by atoms with van der Waals surface area (Å²) in [5.74, 6) is 0. The van der Waals surface area contributed by atoms with Gasteiger partial charge >= 0.3 is 140 Å². The van der Waals surface area contributed by atoms with Gasteiger partial charge in [0.25, 0.3) is 0 Å². The molecule has 2 aromatic rings. The summed E-state index contributed by atoms with van der Waals surface area (Å²) in [5, 5.41) is 8.83. The van der Waals surface area contributed by atoms with E-state index in [1.165, 1.54) is 15.2 Å². The fourth-order valence-electron chi connectivity index (χ4n) is 2.11. The van der Waals surface area contributed by atoms with Crippen LogP contribution in [0.25, 0.3) is 0 Å². The van der Waals surface area contributed by atoms with Crippen LogP contribution in [0, 0.1) is 6.92 Å². The number of rotatable bonds is 7. The van der Waals surface area contributed by atoms with Crippen molar-refractivity contribution in [1.29, 1.82) is 0 Å². The van der Waals surface area contributed by atoms with Gasteiger partial charge in [-0.25, -0.2) is 0 Å². The van der Waals surface area contributed by atoms with Crippen LogP contribution in [0.5, 0.6) is 0 Å². The Morgan fingerprint density at radius 1 is 1.22 bits per heavy atom. The molecule has 0 aliphatic heterocycles. The maximum atomic E-state index is 12.5. The van der Waals surface area contributed by atoms with Crippen molar-refractivity contribution in [3.05, 3.63) is 56.7 Å². The van der Waals surface area contributed by atoms with Crippen molar-refractivity contribution >= 4 is 24.0 Å². The van der Waals surface area contributed by atoms with E-state index in [9.17, 15) is 9.59 Å². The van der Waals surface area contributed by atoms with Crippen LogP contribution in [0.15, 0.2) is 39.9 Å². The molecule has 1 N–H and O–H groups in total. The summed E-state index contributed by atoms with van der Waals surface area (Å²) in [7, 11) is 0. The number of benzene rings is 1. The molecule has 1 aromatic heterocycles. The van der Waals surface area contributed by atoms with Crippen LogP contribution in [0.3, 0.4) is 0 Å². The molecule has 0 unspecified atom stereocenters. The Balaban J connectivity index is 2.43. The van der Waals surface area contributed by atoms with Gasteiger partial charge in [-0.15, -0.1) is 0 Å². The zero-order valence-electron chi connectivity index (χ0n) is 13.2. The summed E-state index contributed by atoms with van der Waals surface area (Å²) in [4.78, 5) is 24.6. The predicted molar refractivity (Wildman–Crippen MR) is 89.9 cm³/mol. The quantitative estimate of drug-likeness (QED) is 0.490. The molecule has 23 heavy (non-hydrogen) atoms. The van der Waals surface area contributed by atoms with E-state index >= 15 is 0 Å². The molecule has 0 saturated heterocycles. The molecular weight excluding hydrogens is 363 g/mol. The number of hydrogen-bond donors (Lipinski definition) is 1. The summed E-state index contributed by atoms with van der Waals surface area (Å²) in [6, 6.07) is 9.52. The van der Waals surface area contributed by atoms with Gasteiger partial charge in [0.05, 0.1) is 0 Å². The van der Waals surface area contributed by atoms with Gasteiger partial charge in [0.1, 0.15) is 0 Å². The summed E-state index contributed by atoms with van der Waals surface area (Å²) < 4.78 is 9.70. The molecular formula is C16H20N2O4Se. The van der Waals surface area contributed by atoms with Crippen molar-refractivity contribution in [2.75, 3.05) is 13.2 Å². The van der Waals surface area contributed by atoms with Crippen LogP contribution >= 0.6 is 0 Å². The van der Waals surface area contributed by atoms with E-state index in [1.807, 2.05) is 25.1 Å². The van der Waals surface area contributed by atoms with Crippen LogP contribution in [0.2, 0.25) is 0 Å². The second-order valence-electron chi connectivity index (χ2n) is 4.96. The third kappa shape index (κ3) is 4.42. The van der Waals surface area contributed by atoms with E-state index in [2.05, 4.69) is 6.07 Å². The Morgan fingerprint density at radius 2 is 2.00 bits per heavy atom. The number of aryl methyl sites for hydroxylation is 1. The molecule has 0 spiro atoms. The molecule has 0 radical (unpaired) electrons. The van der Waals surface area contributed by atoms with Gasteiger partial charge in [0.2, 0.25) is 0 Å². The first kappa shape index (κ1) is 17.7. The summed E-state index contributed by atoms with van der Waals surface area (Å²) in [6.07, 6.45) is 0. The number of hydrogen-bond acceptors (Lipinski definition) is 4. The summed E-state index contributed by atoms with van der Waals surface area (Å²) in [6.45, 7) is 4.15. The molecule has 1 aromatic carbocycles. The Labute approximate surface area is 140 Å². The Bertz CT molecular complexity index is 782. The first-order valence-corrected chi connectivity index (χ1v) is 9.06. The summed E-state index contributed by atoms with van der Waals surface area (Å²) >= 11 is -0.181. The standard InChI is InChI=1S/C16H20N2O4Se/c1-3-17-14(20)10-15(18(16(17)21)11-22-8-7-19)23-13-6-4-5-12(2)9-13/h4-6,9-10,19H,3,7-8,11H2,1-2H3. The van der Waals surface area contributed by atoms with Gasteiger partial charge in [0.15, 0.2) is 0 Å². The normalized spacial score (nSPS) is 10.9. The molecule has 0 saturated carbocycles. The molecule has 124 valence electrons. The molecule has 0 atom stereocenters. The number of nitrogens with zero attached hydrogens (tertiary/aromatic N) is 2. The fraction of sp³-hybridized carbons (Fsp3) is 0.375. The van der Waals surface area contributed by atoms with Crippen molar-refractivity contribution in [3.63, 3.8) is 0 Å². The SMILES string of the molecule is CCn1c(=O)cc([Se]c2cccc(C)c2)n(COCCO)c1=O. The van der Waals surface area contributed by atoms with Crippen molar-refractivity contribution in [3.8, 4) is 0 Å². The van der Waals surface area contributed by atoms with Crippen LogP contribution in [-0.2, 0) is 18.0 Å². The molecule has 6 nitrogen and oxygen atoms in total. The average Bonchev–Trinajstić information content (AvgIpc) is 2.51. The first-order valence-electron chi connectivity index (χ1n) is 7.34. The van der Waals surface area contributed by atoms with E-state index in [-0.39, 0.29) is 46.2 Å². The van der Waals surface area contributed by atoms with E-state index < -0.39 is 0 Å². The second kappa shape index (κ2) is 8.26. The molecule has 0 fully saturated rings. The second-order valence-corrected chi connectivity index (χ2v) is 7.25. The fourth-order valence-corrected chi connectivity index (χ4v) is 4.28. The van der Waals surface area contributed by atoms with Crippen LogP contribution in [0.4, 0.5) is 0 Å².